The molecule has 0 aromatic heterocycles. The predicted molar refractivity (Wildman–Crippen MR) is 109 cm³/mol. The summed E-state index contributed by atoms with van der Waals surface area (Å²) < 4.78 is 0. The Morgan fingerprint density at radius 2 is 1.93 bits per heavy atom. The monoisotopic (exact) mass is 416 g/mol. The first-order chi connectivity index (χ1) is 13.3. The average Bonchev–Trinajstić information content (AvgIpc) is 2.63. The number of anilines is 1. The molecule has 1 atom stereocenters. The van der Waals surface area contributed by atoms with E-state index >= 15 is 0 Å². The molecule has 0 aliphatic carbocycles. The highest BCUT2D eigenvalue weighted by molar-refractivity contribution is 7.80. The fraction of sp³-hybridized carbons (Fsp3) is 0.111. The summed E-state index contributed by atoms with van der Waals surface area (Å²) in [4.78, 5) is 40.8. The van der Waals surface area contributed by atoms with E-state index in [9.17, 15) is 19.7 Å². The molecule has 1 N–H and O–H groups in total. The van der Waals surface area contributed by atoms with Gasteiger partial charge in [-0.1, -0.05) is 17.7 Å². The van der Waals surface area contributed by atoms with Crippen LogP contribution in [0.3, 0.4) is 0 Å². The van der Waals surface area contributed by atoms with E-state index in [1.807, 2.05) is 0 Å². The highest BCUT2D eigenvalue weighted by Crippen LogP contribution is 2.25. The van der Waals surface area contributed by atoms with Gasteiger partial charge in [-0.2, -0.15) is 0 Å². The minimum absolute atomic E-state index is 0.0482. The summed E-state index contributed by atoms with van der Waals surface area (Å²) in [6.07, 6.45) is 1.15. The van der Waals surface area contributed by atoms with E-state index in [1.165, 1.54) is 11.0 Å². The highest BCUT2D eigenvalue weighted by atomic mass is 35.5. The molecule has 0 bridgehead atoms. The Morgan fingerprint density at radius 1 is 1.25 bits per heavy atom. The van der Waals surface area contributed by atoms with Crippen LogP contribution in [0.25, 0.3) is 0 Å². The number of halogens is 1. The lowest BCUT2D eigenvalue weighted by Crippen LogP contribution is -2.58. The van der Waals surface area contributed by atoms with E-state index in [-0.39, 0.29) is 16.5 Å². The molecule has 28 heavy (non-hydrogen) atoms. The number of hydrogen-bond donors (Lipinski definition) is 1. The Hall–Kier alpha value is -3.17. The molecule has 10 heteroatoms. The van der Waals surface area contributed by atoms with Crippen molar-refractivity contribution in [3.05, 3.63) is 63.2 Å². The van der Waals surface area contributed by atoms with Crippen LogP contribution in [0.1, 0.15) is 5.56 Å². The number of nitrogens with one attached hydrogen (secondary N) is 1. The van der Waals surface area contributed by atoms with Crippen molar-refractivity contribution in [2.75, 3.05) is 4.90 Å². The minimum Gasteiger partial charge on any atom is -0.301 e. The average molecular weight is 417 g/mol. The maximum Gasteiger partial charge on any atom is 0.274 e. The minimum atomic E-state index is -1.23. The third-order valence-electron chi connectivity index (χ3n) is 4.05. The summed E-state index contributed by atoms with van der Waals surface area (Å²) in [5.74, 6) is -2.44. The number of nitro benzene ring substituents is 1. The second-order valence-corrected chi connectivity index (χ2v) is 6.75. The fourth-order valence-electron chi connectivity index (χ4n) is 2.59. The number of aryl methyl sites for hydroxylation is 1. The zero-order chi connectivity index (χ0) is 20.4. The van der Waals surface area contributed by atoms with Crippen molar-refractivity contribution in [3.63, 3.8) is 0 Å². The molecule has 0 unspecified atom stereocenters. The van der Waals surface area contributed by atoms with Gasteiger partial charge in [0.2, 0.25) is 5.91 Å². The van der Waals surface area contributed by atoms with Gasteiger partial charge in [-0.25, -0.2) is 0 Å². The molecule has 1 saturated heterocycles. The zero-order valence-electron chi connectivity index (χ0n) is 14.5. The summed E-state index contributed by atoms with van der Waals surface area (Å²) in [6.45, 7) is 1.61. The van der Waals surface area contributed by atoms with Gasteiger partial charge >= 0.3 is 0 Å². The van der Waals surface area contributed by atoms with Crippen molar-refractivity contribution in [1.29, 1.82) is 0 Å². The Bertz CT molecular complexity index is 1020. The second-order valence-electron chi connectivity index (χ2n) is 5.93. The first kappa shape index (κ1) is 19.6. The van der Waals surface area contributed by atoms with Gasteiger partial charge in [0.25, 0.3) is 11.6 Å². The van der Waals surface area contributed by atoms with E-state index in [4.69, 9.17) is 23.8 Å². The van der Waals surface area contributed by atoms with Crippen LogP contribution in [0, 0.1) is 23.0 Å². The van der Waals surface area contributed by atoms with Crippen molar-refractivity contribution in [2.45, 2.75) is 6.92 Å². The standard InChI is InChI=1S/C18H13ClN4O4S/c1-10-2-5-12(8-15(10)23(26)27)20-9-14-16(24)21-18(28)22(17(14)25)13-6-3-11(19)4-7-13/h2-9,14H,1H3,(H,21,24,28)/t14-/m1/s1. The molecule has 8 nitrogen and oxygen atoms in total. The number of carbonyl (C=O) groups excluding carboxylic acids is 2. The van der Waals surface area contributed by atoms with Crippen molar-refractivity contribution in [2.24, 2.45) is 10.9 Å². The molecule has 2 aromatic carbocycles. The zero-order valence-corrected chi connectivity index (χ0v) is 16.0. The van der Waals surface area contributed by atoms with Gasteiger partial charge < -0.3 is 5.32 Å². The lowest BCUT2D eigenvalue weighted by Gasteiger charge is -2.30. The van der Waals surface area contributed by atoms with Gasteiger partial charge in [-0.3, -0.25) is 29.6 Å². The summed E-state index contributed by atoms with van der Waals surface area (Å²) in [6, 6.07) is 10.8. The summed E-state index contributed by atoms with van der Waals surface area (Å²) in [7, 11) is 0. The first-order valence-corrected chi connectivity index (χ1v) is 8.80. The molecule has 2 amide bonds. The number of aliphatic imine (C=N–C) groups is 1. The van der Waals surface area contributed by atoms with Crippen LogP contribution in [0.4, 0.5) is 17.1 Å². The molecule has 3 rings (SSSR count). The van der Waals surface area contributed by atoms with Gasteiger partial charge in [0.15, 0.2) is 11.0 Å². The molecular formula is C18H13ClN4O4S. The highest BCUT2D eigenvalue weighted by Gasteiger charge is 2.38. The molecule has 142 valence electrons. The Balaban J connectivity index is 1.89. The molecule has 1 heterocycles. The number of nitrogens with zero attached hydrogens (tertiary/aromatic N) is 3. The van der Waals surface area contributed by atoms with Gasteiger partial charge in [0.05, 0.1) is 16.3 Å². The van der Waals surface area contributed by atoms with E-state index in [0.29, 0.717) is 16.3 Å². The van der Waals surface area contributed by atoms with Crippen LogP contribution in [-0.4, -0.2) is 28.1 Å². The predicted octanol–water partition coefficient (Wildman–Crippen LogP) is 3.32. The summed E-state index contributed by atoms with van der Waals surface area (Å²) in [5.41, 5.74) is 1.08. The van der Waals surface area contributed by atoms with Gasteiger partial charge in [0, 0.05) is 22.9 Å². The van der Waals surface area contributed by atoms with E-state index < -0.39 is 22.7 Å². The number of nitro groups is 1. The smallest absolute Gasteiger partial charge is 0.274 e. The molecule has 1 aliphatic rings. The fourth-order valence-corrected chi connectivity index (χ4v) is 3.01. The molecule has 1 aliphatic heterocycles. The molecule has 0 spiro atoms. The van der Waals surface area contributed by atoms with Gasteiger partial charge in [-0.15, -0.1) is 0 Å². The van der Waals surface area contributed by atoms with Crippen molar-refractivity contribution >= 4 is 64.0 Å². The Kier molecular flexibility index (Phi) is 5.48. The Morgan fingerprint density at radius 3 is 2.57 bits per heavy atom. The lowest BCUT2D eigenvalue weighted by atomic mass is 10.1. The number of rotatable bonds is 4. The normalized spacial score (nSPS) is 17.1. The van der Waals surface area contributed by atoms with Crippen LogP contribution in [0.5, 0.6) is 0 Å². The van der Waals surface area contributed by atoms with Crippen molar-refractivity contribution in [3.8, 4) is 0 Å². The third-order valence-corrected chi connectivity index (χ3v) is 4.59. The van der Waals surface area contributed by atoms with E-state index in [2.05, 4.69) is 10.3 Å². The quantitative estimate of drug-likeness (QED) is 0.270. The van der Waals surface area contributed by atoms with Crippen molar-refractivity contribution < 1.29 is 14.5 Å². The molecule has 1 fully saturated rings. The number of carbonyl (C=O) groups is 2. The number of benzene rings is 2. The van der Waals surface area contributed by atoms with Crippen LogP contribution in [0.15, 0.2) is 47.5 Å². The van der Waals surface area contributed by atoms with Gasteiger partial charge in [0.1, 0.15) is 0 Å². The van der Waals surface area contributed by atoms with Gasteiger partial charge in [-0.05, 0) is 49.5 Å². The maximum atomic E-state index is 12.8. The number of thiocarbonyl (C=S) groups is 1. The molecule has 0 radical (unpaired) electrons. The maximum absolute atomic E-state index is 12.8. The third kappa shape index (κ3) is 3.90. The Labute approximate surface area is 170 Å². The largest absolute Gasteiger partial charge is 0.301 e. The lowest BCUT2D eigenvalue weighted by molar-refractivity contribution is -0.385. The SMILES string of the molecule is Cc1ccc(N=C[C@@H]2C(=O)NC(=S)N(c3ccc(Cl)cc3)C2=O)cc1[N+](=O)[O-]. The van der Waals surface area contributed by atoms with Crippen LogP contribution in [0.2, 0.25) is 5.02 Å². The molecule has 2 aromatic rings. The topological polar surface area (TPSA) is 105 Å². The van der Waals surface area contributed by atoms with Crippen LogP contribution < -0.4 is 10.2 Å². The van der Waals surface area contributed by atoms with Crippen LogP contribution in [-0.2, 0) is 9.59 Å². The summed E-state index contributed by atoms with van der Waals surface area (Å²) in [5, 5.41) is 14.0. The molecule has 0 saturated carbocycles. The van der Waals surface area contributed by atoms with Crippen molar-refractivity contribution in [1.82, 2.24) is 5.32 Å². The van der Waals surface area contributed by atoms with E-state index in [1.54, 1.807) is 43.3 Å². The first-order valence-electron chi connectivity index (χ1n) is 8.01. The number of amides is 2. The second kappa shape index (κ2) is 7.83. The van der Waals surface area contributed by atoms with Crippen LogP contribution >= 0.6 is 23.8 Å². The molecular weight excluding hydrogens is 404 g/mol. The van der Waals surface area contributed by atoms with E-state index in [0.717, 1.165) is 6.21 Å². The number of hydrogen-bond acceptors (Lipinski definition) is 6. The summed E-state index contributed by atoms with van der Waals surface area (Å²) >= 11 is 11.0.